The number of benzene rings is 3. The molecule has 42 heavy (non-hydrogen) atoms. The van der Waals surface area contributed by atoms with Gasteiger partial charge in [0.25, 0.3) is 15.7 Å². The number of sulfone groups is 1. The number of alkyl halides is 3. The Labute approximate surface area is 237 Å². The third kappa shape index (κ3) is 5.36. The summed E-state index contributed by atoms with van der Waals surface area (Å²) in [6.07, 6.45) is 4.18. The van der Waals surface area contributed by atoms with Crippen LogP contribution in [0.5, 0.6) is 5.75 Å². The van der Waals surface area contributed by atoms with Crippen LogP contribution in [0.25, 0.3) is 11.1 Å². The second kappa shape index (κ2) is 10.9. The number of amides is 2. The summed E-state index contributed by atoms with van der Waals surface area (Å²) in [4.78, 5) is 25.8. The molecule has 2 aliphatic rings. The molecule has 220 valence electrons. The quantitative estimate of drug-likeness (QED) is 0.274. The highest BCUT2D eigenvalue weighted by Gasteiger charge is 2.49. The van der Waals surface area contributed by atoms with Crippen molar-refractivity contribution in [3.8, 4) is 16.9 Å². The maximum atomic E-state index is 14.9. The van der Waals surface area contributed by atoms with E-state index in [-0.39, 0.29) is 34.4 Å². The number of ether oxygens (including phenoxy) is 1. The maximum absolute atomic E-state index is 14.9. The Bertz CT molecular complexity index is 1690. The normalized spacial score (nSPS) is 21.3. The number of fused-ring (bicyclic) bond motifs is 2. The van der Waals surface area contributed by atoms with Crippen molar-refractivity contribution < 1.29 is 44.7 Å². The third-order valence-electron chi connectivity index (χ3n) is 7.47. The molecule has 7 nitrogen and oxygen atoms in total. The second-order valence-corrected chi connectivity index (χ2v) is 11.9. The van der Waals surface area contributed by atoms with Crippen LogP contribution < -0.4 is 15.4 Å². The van der Waals surface area contributed by atoms with E-state index in [1.807, 2.05) is 12.2 Å². The molecule has 2 aliphatic carbocycles. The molecule has 0 heterocycles. The average Bonchev–Trinajstić information content (AvgIpc) is 3.55. The van der Waals surface area contributed by atoms with E-state index < -0.39 is 55.6 Å². The number of allylic oxidation sites excluding steroid dienone is 1. The molecular weight excluding hydrogens is 583 g/mol. The molecule has 2 N–H and O–H groups in total. The average molecular weight is 607 g/mol. The number of anilines is 1. The van der Waals surface area contributed by atoms with Crippen molar-refractivity contribution in [2.75, 3.05) is 12.4 Å². The SMILES string of the molecule is COc1cc(F)c(-c2ccc(F)cc2)cc1C(=O)N[C@H]1[C@@H](C(=O)Nc2cccc(S(=O)(=O)C(F)(F)F)c2)[C@@H]2C=C[C@H]1C2. The molecule has 2 amide bonds. The third-order valence-corrected chi connectivity index (χ3v) is 8.95. The van der Waals surface area contributed by atoms with E-state index in [2.05, 4.69) is 10.6 Å². The van der Waals surface area contributed by atoms with Gasteiger partial charge in [-0.25, -0.2) is 17.2 Å². The molecule has 0 aliphatic heterocycles. The van der Waals surface area contributed by atoms with Gasteiger partial charge in [0.2, 0.25) is 5.91 Å². The number of nitrogens with one attached hydrogen (secondary N) is 2. The molecular formula is C29H23F5N2O5S. The van der Waals surface area contributed by atoms with Gasteiger partial charge in [-0.05, 0) is 60.2 Å². The minimum Gasteiger partial charge on any atom is -0.496 e. The van der Waals surface area contributed by atoms with Crippen molar-refractivity contribution in [1.82, 2.24) is 5.32 Å². The fourth-order valence-electron chi connectivity index (χ4n) is 5.46. The molecule has 0 spiro atoms. The van der Waals surface area contributed by atoms with E-state index >= 15 is 0 Å². The summed E-state index contributed by atoms with van der Waals surface area (Å²) in [5.74, 6) is -3.97. The van der Waals surface area contributed by atoms with Gasteiger partial charge in [-0.3, -0.25) is 9.59 Å². The van der Waals surface area contributed by atoms with Crippen molar-refractivity contribution in [3.05, 3.63) is 90.0 Å². The summed E-state index contributed by atoms with van der Waals surface area (Å²) in [6, 6.07) is 10.4. The van der Waals surface area contributed by atoms with Crippen LogP contribution in [0.15, 0.2) is 77.7 Å². The Kier molecular flexibility index (Phi) is 7.56. The van der Waals surface area contributed by atoms with Crippen LogP contribution in [0, 0.1) is 29.4 Å². The minimum absolute atomic E-state index is 0.0248. The van der Waals surface area contributed by atoms with Gasteiger partial charge < -0.3 is 15.4 Å². The molecule has 4 atom stereocenters. The zero-order valence-corrected chi connectivity index (χ0v) is 22.6. The summed E-state index contributed by atoms with van der Waals surface area (Å²) in [6.45, 7) is 0. The largest absolute Gasteiger partial charge is 0.501 e. The number of methoxy groups -OCH3 is 1. The molecule has 13 heteroatoms. The van der Waals surface area contributed by atoms with E-state index in [1.165, 1.54) is 31.4 Å². The number of hydrogen-bond acceptors (Lipinski definition) is 5. The van der Waals surface area contributed by atoms with Crippen molar-refractivity contribution in [3.63, 3.8) is 0 Å². The smallest absolute Gasteiger partial charge is 0.496 e. The summed E-state index contributed by atoms with van der Waals surface area (Å²) >= 11 is 0. The number of carbonyl (C=O) groups is 2. The molecule has 3 aromatic rings. The Hall–Kier alpha value is -4.26. The number of rotatable bonds is 7. The molecule has 0 radical (unpaired) electrons. The molecule has 2 bridgehead atoms. The zero-order valence-electron chi connectivity index (χ0n) is 21.8. The monoisotopic (exact) mass is 606 g/mol. The van der Waals surface area contributed by atoms with Gasteiger partial charge in [-0.2, -0.15) is 13.2 Å². The maximum Gasteiger partial charge on any atom is 0.501 e. The summed E-state index contributed by atoms with van der Waals surface area (Å²) in [5.41, 5.74) is -5.36. The van der Waals surface area contributed by atoms with Crippen molar-refractivity contribution in [2.24, 2.45) is 17.8 Å². The molecule has 0 unspecified atom stereocenters. The first-order valence-electron chi connectivity index (χ1n) is 12.6. The van der Waals surface area contributed by atoms with Crippen LogP contribution in [0.2, 0.25) is 0 Å². The number of hydrogen-bond donors (Lipinski definition) is 2. The highest BCUT2D eigenvalue weighted by atomic mass is 32.2. The van der Waals surface area contributed by atoms with Crippen LogP contribution in [-0.2, 0) is 14.6 Å². The van der Waals surface area contributed by atoms with E-state index in [9.17, 15) is 40.0 Å². The lowest BCUT2D eigenvalue weighted by molar-refractivity contribution is -0.121. The summed E-state index contributed by atoms with van der Waals surface area (Å²) in [5, 5.41) is 5.30. The predicted molar refractivity (Wildman–Crippen MR) is 142 cm³/mol. The van der Waals surface area contributed by atoms with Gasteiger partial charge in [0.05, 0.1) is 23.5 Å². The van der Waals surface area contributed by atoms with Crippen molar-refractivity contribution in [1.29, 1.82) is 0 Å². The standard InChI is InChI=1S/C29H23F5N2O5S/c1-41-24-14-23(31)21(15-7-9-18(30)10-8-15)13-22(24)27(37)36-26-17-6-5-16(11-17)25(26)28(38)35-19-3-2-4-20(12-19)42(39,40)29(32,33)34/h2-10,12-14,16-17,25-26H,11H2,1H3,(H,35,38)(H,36,37)/t16-,17+,25+,26-/m1/s1. The fourth-order valence-corrected chi connectivity index (χ4v) is 6.26. The lowest BCUT2D eigenvalue weighted by Gasteiger charge is -2.28. The predicted octanol–water partition coefficient (Wildman–Crippen LogP) is 5.49. The lowest BCUT2D eigenvalue weighted by Crippen LogP contribution is -2.47. The van der Waals surface area contributed by atoms with Gasteiger partial charge in [0.1, 0.15) is 17.4 Å². The molecule has 1 saturated carbocycles. The van der Waals surface area contributed by atoms with Crippen molar-refractivity contribution in [2.45, 2.75) is 22.9 Å². The van der Waals surface area contributed by atoms with Gasteiger partial charge >= 0.3 is 5.51 Å². The Morgan fingerprint density at radius 3 is 2.31 bits per heavy atom. The molecule has 1 fully saturated rings. The van der Waals surface area contributed by atoms with E-state index in [1.54, 1.807) is 0 Å². The molecule has 0 saturated heterocycles. The van der Waals surface area contributed by atoms with Crippen LogP contribution in [0.4, 0.5) is 27.6 Å². The van der Waals surface area contributed by atoms with Crippen LogP contribution in [-0.4, -0.2) is 38.9 Å². The van der Waals surface area contributed by atoms with Gasteiger partial charge in [0.15, 0.2) is 0 Å². The first-order valence-corrected chi connectivity index (χ1v) is 14.1. The summed E-state index contributed by atoms with van der Waals surface area (Å²) < 4.78 is 96.2. The first-order chi connectivity index (χ1) is 19.8. The first kappa shape index (κ1) is 29.2. The van der Waals surface area contributed by atoms with E-state index in [0.29, 0.717) is 12.0 Å². The Balaban J connectivity index is 1.40. The van der Waals surface area contributed by atoms with Gasteiger partial charge in [0, 0.05) is 23.4 Å². The molecule has 0 aromatic heterocycles. The lowest BCUT2D eigenvalue weighted by atomic mass is 9.87. The highest BCUT2D eigenvalue weighted by molar-refractivity contribution is 7.92. The van der Waals surface area contributed by atoms with Crippen LogP contribution >= 0.6 is 0 Å². The zero-order chi connectivity index (χ0) is 30.4. The number of halogens is 5. The molecule has 3 aromatic carbocycles. The Morgan fingerprint density at radius 1 is 0.952 bits per heavy atom. The van der Waals surface area contributed by atoms with Crippen LogP contribution in [0.1, 0.15) is 16.8 Å². The second-order valence-electron chi connectivity index (χ2n) is 9.98. The topological polar surface area (TPSA) is 102 Å². The highest BCUT2D eigenvalue weighted by Crippen LogP contribution is 2.45. The van der Waals surface area contributed by atoms with Crippen molar-refractivity contribution >= 4 is 27.3 Å². The molecule has 5 rings (SSSR count). The van der Waals surface area contributed by atoms with Gasteiger partial charge in [-0.1, -0.05) is 30.4 Å². The van der Waals surface area contributed by atoms with E-state index in [0.717, 1.165) is 36.4 Å². The summed E-state index contributed by atoms with van der Waals surface area (Å²) in [7, 11) is -4.37. The Morgan fingerprint density at radius 2 is 1.64 bits per heavy atom. The minimum atomic E-state index is -5.63. The van der Waals surface area contributed by atoms with Gasteiger partial charge in [-0.15, -0.1) is 0 Å². The van der Waals surface area contributed by atoms with E-state index in [4.69, 9.17) is 4.74 Å². The number of carbonyl (C=O) groups excluding carboxylic acids is 2. The van der Waals surface area contributed by atoms with Crippen LogP contribution in [0.3, 0.4) is 0 Å². The fraction of sp³-hybridized carbons (Fsp3) is 0.241.